The van der Waals surface area contributed by atoms with Gasteiger partial charge in [0.25, 0.3) is 0 Å². The fraction of sp³-hybridized carbons (Fsp3) is 0.435. The fourth-order valence-corrected chi connectivity index (χ4v) is 4.61. The first kappa shape index (κ1) is 21.6. The van der Waals surface area contributed by atoms with Gasteiger partial charge < -0.3 is 14.6 Å². The molecular formula is C23H26ClN7O2. The number of aryl methyl sites for hydroxylation is 1. The molecule has 0 bridgehead atoms. The summed E-state index contributed by atoms with van der Waals surface area (Å²) in [6, 6.07) is 7.28. The van der Waals surface area contributed by atoms with Crippen molar-refractivity contribution < 1.29 is 9.53 Å². The molecule has 2 fully saturated rings. The Kier molecular flexibility index (Phi) is 5.23. The lowest BCUT2D eigenvalue weighted by Crippen LogP contribution is -2.43. The molecular weight excluding hydrogens is 442 g/mol. The van der Waals surface area contributed by atoms with E-state index in [0.717, 1.165) is 24.2 Å². The van der Waals surface area contributed by atoms with E-state index in [1.807, 2.05) is 42.0 Å². The summed E-state index contributed by atoms with van der Waals surface area (Å²) in [5.41, 5.74) is 1.38. The number of hydrogen-bond donors (Lipinski definition) is 1. The average Bonchev–Trinajstić information content (AvgIpc) is 3.22. The molecule has 1 N–H and O–H groups in total. The van der Waals surface area contributed by atoms with E-state index >= 15 is 0 Å². The molecule has 2 aromatic heterocycles. The predicted molar refractivity (Wildman–Crippen MR) is 125 cm³/mol. The minimum absolute atomic E-state index is 0.0906. The molecule has 3 heterocycles. The Morgan fingerprint density at radius 3 is 2.55 bits per heavy atom. The summed E-state index contributed by atoms with van der Waals surface area (Å²) in [6.07, 6.45) is 5.06. The lowest BCUT2D eigenvalue weighted by atomic mass is 9.96. The first-order chi connectivity index (χ1) is 15.8. The topological polar surface area (TPSA) is 98.1 Å². The summed E-state index contributed by atoms with van der Waals surface area (Å²) in [7, 11) is 0. The number of carbonyl (C=O) groups excluding carboxylic acids is 1. The van der Waals surface area contributed by atoms with Crippen LogP contribution in [0.15, 0.2) is 36.8 Å². The largest absolute Gasteiger partial charge is 0.440 e. The summed E-state index contributed by atoms with van der Waals surface area (Å²) in [6.45, 7) is 7.94. The second kappa shape index (κ2) is 7.98. The molecule has 1 saturated heterocycles. The van der Waals surface area contributed by atoms with Crippen molar-refractivity contribution in [2.75, 3.05) is 10.2 Å². The summed E-state index contributed by atoms with van der Waals surface area (Å²) in [5.74, 6) is 1.44. The second-order valence-electron chi connectivity index (χ2n) is 9.05. The number of benzene rings is 1. The summed E-state index contributed by atoms with van der Waals surface area (Å²) in [5, 5.41) is 3.98. The van der Waals surface area contributed by atoms with E-state index in [1.54, 1.807) is 18.2 Å². The van der Waals surface area contributed by atoms with Crippen LogP contribution in [0.3, 0.4) is 0 Å². The highest BCUT2D eigenvalue weighted by Crippen LogP contribution is 2.52. The third kappa shape index (κ3) is 4.01. The van der Waals surface area contributed by atoms with Crippen molar-refractivity contribution in [3.05, 3.63) is 53.3 Å². The van der Waals surface area contributed by atoms with Crippen LogP contribution in [0.1, 0.15) is 51.2 Å². The Bertz CT molecular complexity index is 1190. The zero-order valence-electron chi connectivity index (χ0n) is 19.0. The van der Waals surface area contributed by atoms with Crippen molar-refractivity contribution in [2.24, 2.45) is 5.92 Å². The van der Waals surface area contributed by atoms with Gasteiger partial charge in [0, 0.05) is 16.9 Å². The highest BCUT2D eigenvalue weighted by Gasteiger charge is 2.63. The van der Waals surface area contributed by atoms with E-state index in [-0.39, 0.29) is 18.0 Å². The van der Waals surface area contributed by atoms with Crippen LogP contribution in [0, 0.1) is 12.8 Å². The number of rotatable bonds is 6. The van der Waals surface area contributed by atoms with Crippen molar-refractivity contribution in [3.8, 4) is 5.69 Å². The summed E-state index contributed by atoms with van der Waals surface area (Å²) >= 11 is 5.99. The first-order valence-corrected chi connectivity index (χ1v) is 11.4. The third-order valence-electron chi connectivity index (χ3n) is 6.15. The monoisotopic (exact) mass is 467 g/mol. The van der Waals surface area contributed by atoms with Gasteiger partial charge in [0.2, 0.25) is 11.9 Å². The molecule has 5 rings (SSSR count). The number of aromatic nitrogens is 5. The van der Waals surface area contributed by atoms with Crippen molar-refractivity contribution in [2.45, 2.75) is 58.2 Å². The fourth-order valence-electron chi connectivity index (χ4n) is 4.49. The van der Waals surface area contributed by atoms with Crippen LogP contribution in [0.25, 0.3) is 5.69 Å². The van der Waals surface area contributed by atoms with Crippen molar-refractivity contribution in [1.29, 1.82) is 0 Å². The smallest absolute Gasteiger partial charge is 0.417 e. The molecule has 9 nitrogen and oxygen atoms in total. The van der Waals surface area contributed by atoms with E-state index < -0.39 is 11.7 Å². The van der Waals surface area contributed by atoms with Crippen LogP contribution < -0.4 is 10.2 Å². The molecule has 172 valence electrons. The lowest BCUT2D eigenvalue weighted by Gasteiger charge is -2.26. The van der Waals surface area contributed by atoms with Gasteiger partial charge in [0.1, 0.15) is 11.4 Å². The highest BCUT2D eigenvalue weighted by molar-refractivity contribution is 6.30. The minimum atomic E-state index is -0.402. The number of carbonyl (C=O) groups is 1. The average molecular weight is 468 g/mol. The zero-order chi connectivity index (χ0) is 23.3. The Hall–Kier alpha value is -3.20. The van der Waals surface area contributed by atoms with Gasteiger partial charge in [-0.2, -0.15) is 15.0 Å². The number of ether oxygens (including phenoxy) is 1. The molecule has 33 heavy (non-hydrogen) atoms. The number of imidazole rings is 1. The van der Waals surface area contributed by atoms with Crippen LogP contribution in [0.4, 0.5) is 16.7 Å². The molecule has 2 aliphatic rings. The Balaban J connectivity index is 1.38. The normalized spacial score (nSPS) is 19.8. The number of amides is 1. The molecule has 0 radical (unpaired) electrons. The minimum Gasteiger partial charge on any atom is -0.440 e. The third-order valence-corrected chi connectivity index (χ3v) is 6.40. The maximum Gasteiger partial charge on any atom is 0.417 e. The molecule has 1 amide bonds. The lowest BCUT2D eigenvalue weighted by molar-refractivity contribution is 0.109. The van der Waals surface area contributed by atoms with E-state index in [9.17, 15) is 4.79 Å². The number of hydrogen-bond acceptors (Lipinski definition) is 7. The van der Waals surface area contributed by atoms with E-state index in [4.69, 9.17) is 16.3 Å². The van der Waals surface area contributed by atoms with Crippen molar-refractivity contribution >= 4 is 29.6 Å². The number of nitrogens with one attached hydrogen (secondary N) is 1. The molecule has 1 aliphatic heterocycles. The van der Waals surface area contributed by atoms with E-state index in [0.29, 0.717) is 22.7 Å². The molecule has 0 unspecified atom stereocenters. The standard InChI is InChI=1S/C23H26ClN7O2/c1-13(2)19-23(9-10-23)33-22(32)31(19)21-28-15(4)27-20(29-21)26-14(3)18-11-30(12-25-18)17-7-5-16(24)6-8-17/h5-8,11-14,19H,9-10H2,1-4H3,(H,26,27,28,29)/t14-,19-/m0/s1. The Labute approximate surface area is 197 Å². The molecule has 1 spiro atoms. The molecule has 2 atom stereocenters. The first-order valence-electron chi connectivity index (χ1n) is 11.1. The van der Waals surface area contributed by atoms with Gasteiger partial charge in [-0.05, 0) is 56.9 Å². The maximum atomic E-state index is 12.7. The molecule has 3 aromatic rings. The van der Waals surface area contributed by atoms with Crippen LogP contribution >= 0.6 is 11.6 Å². The number of halogens is 1. The number of nitrogens with zero attached hydrogens (tertiary/aromatic N) is 6. The molecule has 1 saturated carbocycles. The predicted octanol–water partition coefficient (Wildman–Crippen LogP) is 4.71. The van der Waals surface area contributed by atoms with Crippen LogP contribution in [-0.2, 0) is 4.74 Å². The number of anilines is 2. The van der Waals surface area contributed by atoms with Crippen LogP contribution in [0.5, 0.6) is 0 Å². The molecule has 1 aliphatic carbocycles. The zero-order valence-corrected chi connectivity index (χ0v) is 19.7. The van der Waals surface area contributed by atoms with Gasteiger partial charge in [-0.3, -0.25) is 0 Å². The van der Waals surface area contributed by atoms with Gasteiger partial charge in [-0.1, -0.05) is 25.4 Å². The summed E-state index contributed by atoms with van der Waals surface area (Å²) < 4.78 is 7.66. The van der Waals surface area contributed by atoms with Gasteiger partial charge in [0.15, 0.2) is 0 Å². The Morgan fingerprint density at radius 1 is 1.15 bits per heavy atom. The highest BCUT2D eigenvalue weighted by atomic mass is 35.5. The quantitative estimate of drug-likeness (QED) is 0.560. The molecule has 10 heteroatoms. The second-order valence-corrected chi connectivity index (χ2v) is 9.48. The molecule has 1 aromatic carbocycles. The Morgan fingerprint density at radius 2 is 1.88 bits per heavy atom. The summed E-state index contributed by atoms with van der Waals surface area (Å²) in [4.78, 5) is 32.3. The van der Waals surface area contributed by atoms with Gasteiger partial charge in [-0.25, -0.2) is 14.7 Å². The van der Waals surface area contributed by atoms with E-state index in [2.05, 4.69) is 39.1 Å². The van der Waals surface area contributed by atoms with E-state index in [1.165, 1.54) is 0 Å². The van der Waals surface area contributed by atoms with Crippen LogP contribution in [-0.4, -0.2) is 42.2 Å². The van der Waals surface area contributed by atoms with Crippen LogP contribution in [0.2, 0.25) is 5.02 Å². The van der Waals surface area contributed by atoms with Crippen molar-refractivity contribution in [1.82, 2.24) is 24.5 Å². The SMILES string of the molecule is Cc1nc(N[C@@H](C)c2cn(-c3ccc(Cl)cc3)cn2)nc(N2C(=O)OC3(CC3)[C@@H]2C(C)C)n1. The van der Waals surface area contributed by atoms with Gasteiger partial charge >= 0.3 is 6.09 Å². The van der Waals surface area contributed by atoms with Gasteiger partial charge in [-0.15, -0.1) is 0 Å². The maximum absolute atomic E-state index is 12.7. The van der Waals surface area contributed by atoms with Crippen molar-refractivity contribution in [3.63, 3.8) is 0 Å². The van der Waals surface area contributed by atoms with Gasteiger partial charge in [0.05, 0.1) is 24.1 Å².